The van der Waals surface area contributed by atoms with Crippen LogP contribution in [-0.4, -0.2) is 40.5 Å². The number of aromatic nitrogens is 3. The van der Waals surface area contributed by atoms with Gasteiger partial charge >= 0.3 is 0 Å². The van der Waals surface area contributed by atoms with Crippen LogP contribution in [0, 0.1) is 5.82 Å². The van der Waals surface area contributed by atoms with E-state index in [-0.39, 0.29) is 23.9 Å². The Morgan fingerprint density at radius 2 is 1.71 bits per heavy atom. The van der Waals surface area contributed by atoms with E-state index in [1.807, 2.05) is 30.3 Å². The molecule has 174 valence electrons. The quantitative estimate of drug-likeness (QED) is 0.235. The molecule has 0 atom stereocenters. The molecule has 0 radical (unpaired) electrons. The Morgan fingerprint density at radius 1 is 0.941 bits per heavy atom. The summed E-state index contributed by atoms with van der Waals surface area (Å²) in [5, 5.41) is 9.01. The van der Waals surface area contributed by atoms with Gasteiger partial charge in [0.2, 0.25) is 0 Å². The molecule has 0 aliphatic heterocycles. The fourth-order valence-corrected chi connectivity index (χ4v) is 4.12. The zero-order valence-corrected chi connectivity index (χ0v) is 19.4. The minimum atomic E-state index is -0.457. The van der Waals surface area contributed by atoms with Crippen molar-refractivity contribution in [2.24, 2.45) is 0 Å². The maximum absolute atomic E-state index is 14.0. The van der Waals surface area contributed by atoms with Crippen molar-refractivity contribution in [2.45, 2.75) is 11.8 Å². The van der Waals surface area contributed by atoms with Crippen molar-refractivity contribution in [3.8, 4) is 22.9 Å². The standard InChI is InChI=1S/C25H22FN3O4S/c1-31-18-12-13-19(23(14-18)32-2)21(30)16-34-25-28-27-24(29(25)17-8-4-3-5-9-17)15-33-22-11-7-6-10-20(22)26/h3-14H,15-16H2,1-2H3. The van der Waals surface area contributed by atoms with E-state index >= 15 is 0 Å². The number of rotatable bonds is 10. The van der Waals surface area contributed by atoms with Gasteiger partial charge < -0.3 is 14.2 Å². The number of hydrogen-bond donors (Lipinski definition) is 0. The summed E-state index contributed by atoms with van der Waals surface area (Å²) >= 11 is 1.24. The van der Waals surface area contributed by atoms with Gasteiger partial charge in [0.05, 0.1) is 25.5 Å². The van der Waals surface area contributed by atoms with E-state index in [9.17, 15) is 9.18 Å². The molecular formula is C25H22FN3O4S. The third-order valence-electron chi connectivity index (χ3n) is 4.95. The van der Waals surface area contributed by atoms with Crippen LogP contribution in [0.5, 0.6) is 17.2 Å². The summed E-state index contributed by atoms with van der Waals surface area (Å²) in [6, 6.07) is 20.7. The number of nitrogens with zero attached hydrogens (tertiary/aromatic N) is 3. The largest absolute Gasteiger partial charge is 0.497 e. The molecule has 0 saturated carbocycles. The van der Waals surface area contributed by atoms with Gasteiger partial charge in [0, 0.05) is 11.8 Å². The zero-order chi connectivity index (χ0) is 23.9. The highest BCUT2D eigenvalue weighted by Gasteiger charge is 2.19. The molecule has 0 amide bonds. The lowest BCUT2D eigenvalue weighted by Gasteiger charge is -2.12. The molecule has 0 aliphatic rings. The molecule has 1 heterocycles. The minimum absolute atomic E-state index is 0.00361. The Kier molecular flexibility index (Phi) is 7.44. The van der Waals surface area contributed by atoms with E-state index < -0.39 is 5.82 Å². The molecule has 0 aliphatic carbocycles. The molecule has 4 rings (SSSR count). The highest BCUT2D eigenvalue weighted by atomic mass is 32.2. The number of methoxy groups -OCH3 is 2. The summed E-state index contributed by atoms with van der Waals surface area (Å²) in [4.78, 5) is 12.9. The van der Waals surface area contributed by atoms with Crippen molar-refractivity contribution < 1.29 is 23.4 Å². The van der Waals surface area contributed by atoms with Gasteiger partial charge in [-0.25, -0.2) is 4.39 Å². The normalized spacial score (nSPS) is 10.7. The van der Waals surface area contributed by atoms with Gasteiger partial charge in [-0.15, -0.1) is 10.2 Å². The highest BCUT2D eigenvalue weighted by Crippen LogP contribution is 2.28. The number of Topliss-reactive ketones (excluding diaryl/α,β-unsaturated/α-hetero) is 1. The predicted octanol–water partition coefficient (Wildman–Crippen LogP) is 4.98. The van der Waals surface area contributed by atoms with Gasteiger partial charge in [-0.2, -0.15) is 0 Å². The van der Waals surface area contributed by atoms with E-state index in [2.05, 4.69) is 10.2 Å². The van der Waals surface area contributed by atoms with Crippen molar-refractivity contribution >= 4 is 17.5 Å². The molecular weight excluding hydrogens is 457 g/mol. The number of benzene rings is 3. The van der Waals surface area contributed by atoms with E-state index in [0.717, 1.165) is 5.69 Å². The first-order valence-corrected chi connectivity index (χ1v) is 11.3. The van der Waals surface area contributed by atoms with Crippen molar-refractivity contribution in [3.63, 3.8) is 0 Å². The van der Waals surface area contributed by atoms with E-state index in [4.69, 9.17) is 14.2 Å². The van der Waals surface area contributed by atoms with Crippen LogP contribution in [0.4, 0.5) is 4.39 Å². The molecule has 0 fully saturated rings. The van der Waals surface area contributed by atoms with Crippen LogP contribution in [0.1, 0.15) is 16.2 Å². The molecule has 4 aromatic rings. The summed E-state index contributed by atoms with van der Waals surface area (Å²) in [6.07, 6.45) is 0. The van der Waals surface area contributed by atoms with E-state index in [1.54, 1.807) is 48.1 Å². The third-order valence-corrected chi connectivity index (χ3v) is 5.88. The summed E-state index contributed by atoms with van der Waals surface area (Å²) in [5.74, 6) is 1.17. The molecule has 34 heavy (non-hydrogen) atoms. The molecule has 0 N–H and O–H groups in total. The summed E-state index contributed by atoms with van der Waals surface area (Å²) in [7, 11) is 3.06. The van der Waals surface area contributed by atoms with Crippen molar-refractivity contribution in [3.05, 3.63) is 90.0 Å². The predicted molar refractivity (Wildman–Crippen MR) is 127 cm³/mol. The van der Waals surface area contributed by atoms with Crippen LogP contribution >= 0.6 is 11.8 Å². The third kappa shape index (κ3) is 5.20. The topological polar surface area (TPSA) is 75.5 Å². The second-order valence-electron chi connectivity index (χ2n) is 7.07. The Labute approximate surface area is 200 Å². The van der Waals surface area contributed by atoms with Gasteiger partial charge in [-0.1, -0.05) is 42.1 Å². The van der Waals surface area contributed by atoms with Crippen LogP contribution in [0.15, 0.2) is 78.0 Å². The Bertz CT molecular complexity index is 1280. The summed E-state index contributed by atoms with van der Waals surface area (Å²) in [6.45, 7) is 0.00361. The van der Waals surface area contributed by atoms with E-state index in [1.165, 1.54) is 24.9 Å². The number of carbonyl (C=O) groups is 1. The first-order chi connectivity index (χ1) is 16.6. The van der Waals surface area contributed by atoms with Crippen LogP contribution in [0.25, 0.3) is 5.69 Å². The number of thioether (sulfide) groups is 1. The lowest BCUT2D eigenvalue weighted by Crippen LogP contribution is -2.09. The van der Waals surface area contributed by atoms with Gasteiger partial charge in [0.1, 0.15) is 18.1 Å². The van der Waals surface area contributed by atoms with Gasteiger partial charge in [0.15, 0.2) is 28.3 Å². The second-order valence-corrected chi connectivity index (χ2v) is 8.01. The van der Waals surface area contributed by atoms with Gasteiger partial charge in [-0.3, -0.25) is 9.36 Å². The van der Waals surface area contributed by atoms with Crippen LogP contribution < -0.4 is 14.2 Å². The van der Waals surface area contributed by atoms with Gasteiger partial charge in [-0.05, 0) is 36.4 Å². The number of halogens is 1. The Balaban J connectivity index is 1.56. The van der Waals surface area contributed by atoms with Crippen LogP contribution in [-0.2, 0) is 6.61 Å². The average Bonchev–Trinajstić information content (AvgIpc) is 3.29. The monoisotopic (exact) mass is 479 g/mol. The number of carbonyl (C=O) groups excluding carboxylic acids is 1. The molecule has 0 unspecified atom stereocenters. The molecule has 3 aromatic carbocycles. The second kappa shape index (κ2) is 10.8. The fraction of sp³-hybridized carbons (Fsp3) is 0.160. The first kappa shape index (κ1) is 23.3. The fourth-order valence-electron chi connectivity index (χ4n) is 3.26. The molecule has 0 spiro atoms. The maximum atomic E-state index is 14.0. The van der Waals surface area contributed by atoms with Crippen LogP contribution in [0.3, 0.4) is 0 Å². The maximum Gasteiger partial charge on any atom is 0.196 e. The van der Waals surface area contributed by atoms with Gasteiger partial charge in [0.25, 0.3) is 0 Å². The van der Waals surface area contributed by atoms with Crippen molar-refractivity contribution in [1.82, 2.24) is 14.8 Å². The number of ether oxygens (including phenoxy) is 3. The SMILES string of the molecule is COc1ccc(C(=O)CSc2nnc(COc3ccccc3F)n2-c2ccccc2)c(OC)c1. The molecule has 0 saturated heterocycles. The minimum Gasteiger partial charge on any atom is -0.497 e. The lowest BCUT2D eigenvalue weighted by molar-refractivity contribution is 0.101. The number of para-hydroxylation sites is 2. The summed E-state index contributed by atoms with van der Waals surface area (Å²) < 4.78 is 32.0. The average molecular weight is 480 g/mol. The molecule has 9 heteroatoms. The molecule has 7 nitrogen and oxygen atoms in total. The summed E-state index contributed by atoms with van der Waals surface area (Å²) in [5.41, 5.74) is 1.25. The molecule has 1 aromatic heterocycles. The van der Waals surface area contributed by atoms with Crippen molar-refractivity contribution in [2.75, 3.05) is 20.0 Å². The highest BCUT2D eigenvalue weighted by molar-refractivity contribution is 7.99. The first-order valence-electron chi connectivity index (χ1n) is 10.4. The lowest BCUT2D eigenvalue weighted by atomic mass is 10.1. The van der Waals surface area contributed by atoms with Crippen LogP contribution in [0.2, 0.25) is 0 Å². The smallest absolute Gasteiger partial charge is 0.196 e. The Hall–Kier alpha value is -3.85. The zero-order valence-electron chi connectivity index (χ0n) is 18.6. The Morgan fingerprint density at radius 3 is 2.44 bits per heavy atom. The number of ketones is 1. The number of hydrogen-bond acceptors (Lipinski definition) is 7. The molecule has 0 bridgehead atoms. The van der Waals surface area contributed by atoms with E-state index in [0.29, 0.717) is 28.0 Å². The van der Waals surface area contributed by atoms with Crippen molar-refractivity contribution in [1.29, 1.82) is 0 Å².